The summed E-state index contributed by atoms with van der Waals surface area (Å²) >= 11 is 1.78. The van der Waals surface area contributed by atoms with Crippen molar-refractivity contribution in [3.63, 3.8) is 0 Å². The topological polar surface area (TPSA) is 21.7 Å². The van der Waals surface area contributed by atoms with Crippen molar-refractivity contribution in [2.24, 2.45) is 7.05 Å². The van der Waals surface area contributed by atoms with Gasteiger partial charge in [-0.15, -0.1) is 11.3 Å². The lowest BCUT2D eigenvalue weighted by molar-refractivity contribution is -0.633. The molecule has 0 spiro atoms. The van der Waals surface area contributed by atoms with Crippen LogP contribution >= 0.6 is 11.3 Å². The molecule has 0 saturated heterocycles. The lowest BCUT2D eigenvalue weighted by Crippen LogP contribution is -2.30. The quantitative estimate of drug-likeness (QED) is 0.206. The number of thiazole rings is 1. The summed E-state index contributed by atoms with van der Waals surface area (Å²) in [5, 5.41) is 1.07. The molecule has 5 aromatic carbocycles. The first-order valence-electron chi connectivity index (χ1n) is 13.6. The van der Waals surface area contributed by atoms with E-state index in [9.17, 15) is 0 Å². The van der Waals surface area contributed by atoms with Gasteiger partial charge >= 0.3 is 0 Å². The van der Waals surface area contributed by atoms with Crippen LogP contribution in [0.1, 0.15) is 16.7 Å². The first-order chi connectivity index (χ1) is 19.5. The van der Waals surface area contributed by atoms with Crippen LogP contribution in [0.3, 0.4) is 0 Å². The van der Waals surface area contributed by atoms with E-state index in [2.05, 4.69) is 146 Å². The summed E-state index contributed by atoms with van der Waals surface area (Å²) in [6.07, 6.45) is 0. The van der Waals surface area contributed by atoms with Gasteiger partial charge in [-0.2, -0.15) is 4.57 Å². The van der Waals surface area contributed by atoms with E-state index >= 15 is 0 Å². The van der Waals surface area contributed by atoms with Gasteiger partial charge in [0.2, 0.25) is 0 Å². The van der Waals surface area contributed by atoms with Gasteiger partial charge in [-0.25, -0.2) is 9.55 Å². The first kappa shape index (κ1) is 24.5. The number of aryl methyl sites for hydroxylation is 4. The zero-order chi connectivity index (χ0) is 27.4. The predicted molar refractivity (Wildman–Crippen MR) is 168 cm³/mol. The summed E-state index contributed by atoms with van der Waals surface area (Å²) in [6.45, 7) is 6.62. The maximum Gasteiger partial charge on any atom is 0.297 e. The third kappa shape index (κ3) is 3.87. The minimum atomic E-state index is 1.06. The molecule has 0 amide bonds. The van der Waals surface area contributed by atoms with Crippen molar-refractivity contribution < 1.29 is 4.57 Å². The fourth-order valence-electron chi connectivity index (χ4n) is 6.02. The van der Waals surface area contributed by atoms with Crippen LogP contribution in [-0.4, -0.2) is 9.55 Å². The first-order valence-corrected chi connectivity index (χ1v) is 14.5. The summed E-state index contributed by atoms with van der Waals surface area (Å²) in [5.41, 5.74) is 13.2. The van der Waals surface area contributed by atoms with Crippen LogP contribution in [0.2, 0.25) is 0 Å². The molecule has 0 saturated carbocycles. The van der Waals surface area contributed by atoms with Gasteiger partial charge in [-0.3, -0.25) is 0 Å². The van der Waals surface area contributed by atoms with Crippen molar-refractivity contribution in [1.82, 2.24) is 9.55 Å². The summed E-state index contributed by atoms with van der Waals surface area (Å²) in [6, 6.07) is 38.9. The molecule has 0 atom stereocenters. The second-order valence-corrected chi connectivity index (χ2v) is 11.5. The molecular formula is C36H30N3S+. The molecule has 7 rings (SSSR count). The van der Waals surface area contributed by atoms with E-state index in [0.717, 1.165) is 22.0 Å². The Morgan fingerprint density at radius 3 is 2.02 bits per heavy atom. The van der Waals surface area contributed by atoms with Crippen LogP contribution in [0.15, 0.2) is 109 Å². The fraction of sp³-hybridized carbons (Fsp3) is 0.111. The van der Waals surface area contributed by atoms with Crippen LogP contribution < -0.4 is 4.57 Å². The number of para-hydroxylation sites is 3. The summed E-state index contributed by atoms with van der Waals surface area (Å²) in [5.74, 6) is 1.14. The van der Waals surface area contributed by atoms with Crippen molar-refractivity contribution in [1.29, 1.82) is 0 Å². The minimum Gasteiger partial charge on any atom is -0.235 e. The highest BCUT2D eigenvalue weighted by Crippen LogP contribution is 2.41. The standard InChI is InChI=1S/C36H30N3S/c1-23-19-20-31-34(37-35(40-31)32-24(2)21-27(22-25(32)3)26-13-7-5-8-14-26)33(23)36-38(4)29-17-11-12-18-30(29)39(36)28-15-9-6-10-16-28/h5-22H,1-4H3/q+1. The molecule has 3 nitrogen and oxygen atoms in total. The molecule has 0 aliphatic carbocycles. The Morgan fingerprint density at radius 2 is 1.30 bits per heavy atom. The monoisotopic (exact) mass is 536 g/mol. The second-order valence-electron chi connectivity index (χ2n) is 10.5. The maximum atomic E-state index is 5.38. The van der Waals surface area contributed by atoms with Crippen LogP contribution in [0, 0.1) is 20.8 Å². The Bertz CT molecular complexity index is 2010. The maximum absolute atomic E-state index is 5.38. The van der Waals surface area contributed by atoms with Gasteiger partial charge in [-0.05, 0) is 78.9 Å². The SMILES string of the molecule is Cc1cc(-c2ccccc2)cc(C)c1-c1nc2c(-c3n(-c4ccccc4)c4ccccc4[n+]3C)c(C)ccc2s1. The van der Waals surface area contributed by atoms with E-state index < -0.39 is 0 Å². The van der Waals surface area contributed by atoms with Gasteiger partial charge in [0.1, 0.15) is 10.7 Å². The molecule has 2 heterocycles. The molecule has 0 fully saturated rings. The molecule has 7 aromatic rings. The molecule has 4 heteroatoms. The molecule has 0 unspecified atom stereocenters. The zero-order valence-corrected chi connectivity index (χ0v) is 24.0. The third-order valence-corrected chi connectivity index (χ3v) is 8.91. The highest BCUT2D eigenvalue weighted by atomic mass is 32.1. The zero-order valence-electron chi connectivity index (χ0n) is 23.1. The highest BCUT2D eigenvalue weighted by Gasteiger charge is 2.29. The number of hydrogen-bond donors (Lipinski definition) is 0. The Balaban J connectivity index is 1.47. The van der Waals surface area contributed by atoms with Gasteiger partial charge in [0, 0.05) is 5.56 Å². The number of rotatable bonds is 4. The van der Waals surface area contributed by atoms with Gasteiger partial charge < -0.3 is 0 Å². The smallest absolute Gasteiger partial charge is 0.235 e. The molecule has 2 aromatic heterocycles. The Morgan fingerprint density at radius 1 is 0.650 bits per heavy atom. The van der Waals surface area contributed by atoms with E-state index in [1.54, 1.807) is 11.3 Å². The highest BCUT2D eigenvalue weighted by molar-refractivity contribution is 7.21. The number of benzene rings is 5. The van der Waals surface area contributed by atoms with Crippen molar-refractivity contribution in [3.8, 4) is 38.8 Å². The second kappa shape index (κ2) is 9.58. The normalized spacial score (nSPS) is 11.5. The number of fused-ring (bicyclic) bond motifs is 2. The molecule has 0 aliphatic rings. The number of nitrogens with zero attached hydrogens (tertiary/aromatic N) is 3. The molecular weight excluding hydrogens is 506 g/mol. The van der Waals surface area contributed by atoms with Crippen LogP contribution in [0.5, 0.6) is 0 Å². The van der Waals surface area contributed by atoms with Gasteiger partial charge in [-0.1, -0.05) is 78.9 Å². The number of imidazole rings is 1. The van der Waals surface area contributed by atoms with Crippen LogP contribution in [0.4, 0.5) is 0 Å². The lowest BCUT2D eigenvalue weighted by Gasteiger charge is -2.11. The van der Waals surface area contributed by atoms with Gasteiger partial charge in [0.05, 0.1) is 22.8 Å². The average molecular weight is 537 g/mol. The van der Waals surface area contributed by atoms with Crippen molar-refractivity contribution in [3.05, 3.63) is 126 Å². The van der Waals surface area contributed by atoms with E-state index in [1.807, 2.05) is 0 Å². The molecule has 0 aliphatic heterocycles. The third-order valence-electron chi connectivity index (χ3n) is 7.87. The number of aromatic nitrogens is 3. The minimum absolute atomic E-state index is 1.06. The van der Waals surface area contributed by atoms with E-state index in [0.29, 0.717) is 0 Å². The average Bonchev–Trinajstić information content (AvgIpc) is 3.52. The van der Waals surface area contributed by atoms with Crippen LogP contribution in [-0.2, 0) is 7.05 Å². The van der Waals surface area contributed by atoms with Crippen LogP contribution in [0.25, 0.3) is 60.0 Å². The number of hydrogen-bond acceptors (Lipinski definition) is 2. The van der Waals surface area contributed by atoms with Crippen molar-refractivity contribution >= 4 is 32.6 Å². The summed E-state index contributed by atoms with van der Waals surface area (Å²) < 4.78 is 5.89. The Kier molecular flexibility index (Phi) is 5.87. The molecule has 40 heavy (non-hydrogen) atoms. The van der Waals surface area contributed by atoms with Crippen molar-refractivity contribution in [2.45, 2.75) is 20.8 Å². The molecule has 0 bridgehead atoms. The molecule has 194 valence electrons. The fourth-order valence-corrected chi connectivity index (χ4v) is 7.16. The lowest BCUT2D eigenvalue weighted by atomic mass is 9.96. The van der Waals surface area contributed by atoms with Gasteiger partial charge in [0.15, 0.2) is 11.0 Å². The van der Waals surface area contributed by atoms with Gasteiger partial charge in [0.25, 0.3) is 5.82 Å². The van der Waals surface area contributed by atoms with E-state index in [1.165, 1.54) is 54.7 Å². The largest absolute Gasteiger partial charge is 0.297 e. The Hall–Kier alpha value is -4.54. The van der Waals surface area contributed by atoms with E-state index in [4.69, 9.17) is 4.98 Å². The molecule has 0 radical (unpaired) electrons. The van der Waals surface area contributed by atoms with E-state index in [-0.39, 0.29) is 0 Å². The predicted octanol–water partition coefficient (Wildman–Crippen LogP) is 8.99. The van der Waals surface area contributed by atoms with Crippen molar-refractivity contribution in [2.75, 3.05) is 0 Å². The summed E-state index contributed by atoms with van der Waals surface area (Å²) in [4.78, 5) is 5.38. The summed E-state index contributed by atoms with van der Waals surface area (Å²) in [7, 11) is 2.17. The molecule has 0 N–H and O–H groups in total. The Labute approximate surface area is 238 Å².